The van der Waals surface area contributed by atoms with Crippen LogP contribution in [-0.4, -0.2) is 26.2 Å². The maximum atomic E-state index is 13.9. The lowest BCUT2D eigenvalue weighted by Gasteiger charge is -2.21. The average Bonchev–Trinajstić information content (AvgIpc) is 2.32. The summed E-state index contributed by atoms with van der Waals surface area (Å²) in [5.74, 6) is -0.928. The molecule has 0 aliphatic rings. The van der Waals surface area contributed by atoms with Crippen molar-refractivity contribution in [2.24, 2.45) is 5.92 Å². The zero-order chi connectivity index (χ0) is 15.5. The van der Waals surface area contributed by atoms with E-state index in [1.807, 2.05) is 13.8 Å². The van der Waals surface area contributed by atoms with Gasteiger partial charge in [0.05, 0.1) is 4.47 Å². The minimum absolute atomic E-state index is 0.0128. The first-order valence-electron chi connectivity index (χ1n) is 6.06. The standard InChI is InChI=1S/C12H18BrFN2O3S/c1-7(2)10(3-4-17)16-20(18,19)11-6-8(15)5-9(13)12(11)14/h5-7,10,16-17H,3-4,15H2,1-2H3. The lowest BCUT2D eigenvalue weighted by Crippen LogP contribution is -2.39. The van der Waals surface area contributed by atoms with Crippen molar-refractivity contribution in [2.75, 3.05) is 12.3 Å². The molecule has 0 aliphatic heterocycles. The molecule has 0 bridgehead atoms. The summed E-state index contributed by atoms with van der Waals surface area (Å²) in [6.07, 6.45) is 0.252. The number of halogens is 2. The van der Waals surface area contributed by atoms with Gasteiger partial charge in [-0.1, -0.05) is 13.8 Å². The Morgan fingerprint density at radius 1 is 1.45 bits per heavy atom. The van der Waals surface area contributed by atoms with E-state index >= 15 is 0 Å². The van der Waals surface area contributed by atoms with Crippen molar-refractivity contribution in [3.05, 3.63) is 22.4 Å². The van der Waals surface area contributed by atoms with E-state index in [0.29, 0.717) is 0 Å². The summed E-state index contributed by atoms with van der Waals surface area (Å²) in [6, 6.07) is 1.88. The highest BCUT2D eigenvalue weighted by molar-refractivity contribution is 9.10. The third-order valence-corrected chi connectivity index (χ3v) is 4.92. The molecule has 0 heterocycles. The van der Waals surface area contributed by atoms with E-state index in [-0.39, 0.29) is 29.1 Å². The van der Waals surface area contributed by atoms with Gasteiger partial charge in [0.2, 0.25) is 10.0 Å². The topological polar surface area (TPSA) is 92.4 Å². The van der Waals surface area contributed by atoms with Crippen LogP contribution in [0.2, 0.25) is 0 Å². The molecule has 1 rings (SSSR count). The molecule has 0 saturated carbocycles. The van der Waals surface area contributed by atoms with Crippen molar-refractivity contribution >= 4 is 31.6 Å². The largest absolute Gasteiger partial charge is 0.399 e. The van der Waals surface area contributed by atoms with Crippen LogP contribution < -0.4 is 10.5 Å². The Morgan fingerprint density at radius 3 is 2.55 bits per heavy atom. The van der Waals surface area contributed by atoms with Gasteiger partial charge in [-0.05, 0) is 40.4 Å². The summed E-state index contributed by atoms with van der Waals surface area (Å²) in [5, 5.41) is 8.96. The van der Waals surface area contributed by atoms with E-state index < -0.39 is 26.8 Å². The maximum absolute atomic E-state index is 13.9. The van der Waals surface area contributed by atoms with E-state index in [1.165, 1.54) is 6.07 Å². The summed E-state index contributed by atoms with van der Waals surface area (Å²) in [6.45, 7) is 3.47. The quantitative estimate of drug-likeness (QED) is 0.668. The number of nitrogen functional groups attached to an aromatic ring is 1. The predicted octanol–water partition coefficient (Wildman–Crippen LogP) is 1.86. The molecule has 1 aromatic rings. The number of benzene rings is 1. The highest BCUT2D eigenvalue weighted by atomic mass is 79.9. The fourth-order valence-electron chi connectivity index (χ4n) is 1.71. The minimum Gasteiger partial charge on any atom is -0.399 e. The van der Waals surface area contributed by atoms with Crippen LogP contribution in [0, 0.1) is 11.7 Å². The van der Waals surface area contributed by atoms with Crippen LogP contribution in [0.4, 0.5) is 10.1 Å². The van der Waals surface area contributed by atoms with Crippen LogP contribution in [0.25, 0.3) is 0 Å². The van der Waals surface area contributed by atoms with E-state index in [9.17, 15) is 12.8 Å². The Kier molecular flexibility index (Phi) is 5.93. The summed E-state index contributed by atoms with van der Waals surface area (Å²) >= 11 is 2.93. The Balaban J connectivity index is 3.17. The van der Waals surface area contributed by atoms with E-state index in [0.717, 1.165) is 6.07 Å². The number of nitrogens with two attached hydrogens (primary N) is 1. The van der Waals surface area contributed by atoms with Crippen molar-refractivity contribution < 1.29 is 17.9 Å². The molecule has 1 aromatic carbocycles. The van der Waals surface area contributed by atoms with E-state index in [2.05, 4.69) is 20.7 Å². The van der Waals surface area contributed by atoms with Crippen LogP contribution in [0.3, 0.4) is 0 Å². The maximum Gasteiger partial charge on any atom is 0.243 e. The summed E-state index contributed by atoms with van der Waals surface area (Å²) in [4.78, 5) is -0.507. The van der Waals surface area contributed by atoms with Gasteiger partial charge in [-0.25, -0.2) is 17.5 Å². The van der Waals surface area contributed by atoms with E-state index in [4.69, 9.17) is 10.8 Å². The van der Waals surface area contributed by atoms with Crippen molar-refractivity contribution in [3.63, 3.8) is 0 Å². The molecule has 0 fully saturated rings. The molecule has 0 spiro atoms. The summed E-state index contributed by atoms with van der Waals surface area (Å²) in [5.41, 5.74) is 5.69. The van der Waals surface area contributed by atoms with Crippen molar-refractivity contribution in [2.45, 2.75) is 31.2 Å². The van der Waals surface area contributed by atoms with Gasteiger partial charge in [0.15, 0.2) is 5.82 Å². The SMILES string of the molecule is CC(C)C(CCO)NS(=O)(=O)c1cc(N)cc(Br)c1F. The molecular weight excluding hydrogens is 351 g/mol. The smallest absolute Gasteiger partial charge is 0.243 e. The normalized spacial score (nSPS) is 13.7. The van der Waals surface area contributed by atoms with Gasteiger partial charge in [0.25, 0.3) is 0 Å². The highest BCUT2D eigenvalue weighted by Crippen LogP contribution is 2.26. The average molecular weight is 369 g/mol. The molecular formula is C12H18BrFN2O3S. The molecule has 114 valence electrons. The minimum atomic E-state index is -4.05. The lowest BCUT2D eigenvalue weighted by molar-refractivity contribution is 0.256. The van der Waals surface area contributed by atoms with Crippen molar-refractivity contribution in [1.82, 2.24) is 4.72 Å². The first-order valence-corrected chi connectivity index (χ1v) is 8.34. The zero-order valence-electron chi connectivity index (χ0n) is 11.2. The number of aliphatic hydroxyl groups excluding tert-OH is 1. The number of rotatable bonds is 6. The second-order valence-corrected chi connectivity index (χ2v) is 7.34. The number of sulfonamides is 1. The first-order chi connectivity index (χ1) is 9.19. The van der Waals surface area contributed by atoms with Gasteiger partial charge in [-0.15, -0.1) is 0 Å². The first kappa shape index (κ1) is 17.4. The molecule has 0 radical (unpaired) electrons. The lowest BCUT2D eigenvalue weighted by atomic mass is 10.0. The molecule has 5 nitrogen and oxygen atoms in total. The second kappa shape index (κ2) is 6.84. The fraction of sp³-hybridized carbons (Fsp3) is 0.500. The number of aliphatic hydroxyl groups is 1. The molecule has 1 unspecified atom stereocenters. The van der Waals surface area contributed by atoms with Crippen LogP contribution in [0.15, 0.2) is 21.5 Å². The predicted molar refractivity (Wildman–Crippen MR) is 79.2 cm³/mol. The third kappa shape index (κ3) is 4.15. The van der Waals surface area contributed by atoms with Gasteiger partial charge in [-0.3, -0.25) is 0 Å². The van der Waals surface area contributed by atoms with Crippen molar-refractivity contribution in [3.8, 4) is 0 Å². The highest BCUT2D eigenvalue weighted by Gasteiger charge is 2.26. The molecule has 0 amide bonds. The van der Waals surface area contributed by atoms with Gasteiger partial charge < -0.3 is 10.8 Å². The van der Waals surface area contributed by atoms with Gasteiger partial charge >= 0.3 is 0 Å². The monoisotopic (exact) mass is 368 g/mol. The Labute approximate surface area is 126 Å². The third-order valence-electron chi connectivity index (χ3n) is 2.86. The van der Waals surface area contributed by atoms with E-state index in [1.54, 1.807) is 0 Å². The Bertz CT molecular complexity index is 578. The Hall–Kier alpha value is -0.700. The number of hydrogen-bond donors (Lipinski definition) is 3. The van der Waals surface area contributed by atoms with Crippen LogP contribution >= 0.6 is 15.9 Å². The molecule has 8 heteroatoms. The second-order valence-electron chi connectivity index (χ2n) is 4.80. The molecule has 20 heavy (non-hydrogen) atoms. The Morgan fingerprint density at radius 2 is 2.05 bits per heavy atom. The molecule has 0 aromatic heterocycles. The fourth-order valence-corrected chi connectivity index (χ4v) is 3.87. The number of hydrogen-bond acceptors (Lipinski definition) is 4. The van der Waals surface area contributed by atoms with Crippen molar-refractivity contribution in [1.29, 1.82) is 0 Å². The molecule has 1 atom stereocenters. The molecule has 0 aliphatic carbocycles. The molecule has 4 N–H and O–H groups in total. The van der Waals surface area contributed by atoms with Crippen LogP contribution in [0.1, 0.15) is 20.3 Å². The summed E-state index contributed by atoms with van der Waals surface area (Å²) < 4.78 is 40.8. The number of anilines is 1. The van der Waals surface area contributed by atoms with Gasteiger partial charge in [0, 0.05) is 18.3 Å². The van der Waals surface area contributed by atoms with Gasteiger partial charge in [0.1, 0.15) is 4.90 Å². The number of nitrogens with one attached hydrogen (secondary N) is 1. The zero-order valence-corrected chi connectivity index (χ0v) is 13.6. The van der Waals surface area contributed by atoms with Gasteiger partial charge in [-0.2, -0.15) is 0 Å². The van der Waals surface area contributed by atoms with Crippen LogP contribution in [-0.2, 0) is 10.0 Å². The summed E-state index contributed by atoms with van der Waals surface area (Å²) in [7, 11) is -4.05. The van der Waals surface area contributed by atoms with Crippen LogP contribution in [0.5, 0.6) is 0 Å². The molecule has 0 saturated heterocycles.